The van der Waals surface area contributed by atoms with Gasteiger partial charge < -0.3 is 9.47 Å². The molecule has 0 heterocycles. The van der Waals surface area contributed by atoms with Gasteiger partial charge in [-0.05, 0) is 51.3 Å². The Labute approximate surface area is 126 Å². The van der Waals surface area contributed by atoms with E-state index in [4.69, 9.17) is 9.47 Å². The van der Waals surface area contributed by atoms with Crippen LogP contribution in [0.15, 0.2) is 40.9 Å². The first kappa shape index (κ1) is 14.6. The maximum absolute atomic E-state index is 13.7. The van der Waals surface area contributed by atoms with Crippen LogP contribution in [-0.2, 0) is 0 Å². The quantitative estimate of drug-likeness (QED) is 0.748. The van der Waals surface area contributed by atoms with Crippen LogP contribution in [0.3, 0.4) is 0 Å². The van der Waals surface area contributed by atoms with Gasteiger partial charge in [0.25, 0.3) is 0 Å². The standard InChI is InChI=1S/C16H14BrFO2/c1-19-13-7-5-11(6-8-13)3-4-12-9-14(18)16(17)15(10-12)20-2/h3-10H,1-2H3/b4-3+. The molecule has 0 aromatic heterocycles. The highest BCUT2D eigenvalue weighted by atomic mass is 79.9. The highest BCUT2D eigenvalue weighted by Crippen LogP contribution is 2.29. The molecular formula is C16H14BrFO2. The Morgan fingerprint density at radius 1 is 0.950 bits per heavy atom. The molecule has 0 spiro atoms. The van der Waals surface area contributed by atoms with Crippen molar-refractivity contribution in [1.82, 2.24) is 0 Å². The third-order valence-electron chi connectivity index (χ3n) is 2.82. The maximum atomic E-state index is 13.7. The number of methoxy groups -OCH3 is 2. The van der Waals surface area contributed by atoms with Gasteiger partial charge in [-0.25, -0.2) is 4.39 Å². The summed E-state index contributed by atoms with van der Waals surface area (Å²) >= 11 is 3.15. The van der Waals surface area contributed by atoms with Crippen LogP contribution in [0.25, 0.3) is 12.2 Å². The van der Waals surface area contributed by atoms with Crippen LogP contribution in [0.2, 0.25) is 0 Å². The highest BCUT2D eigenvalue weighted by molar-refractivity contribution is 9.10. The van der Waals surface area contributed by atoms with Gasteiger partial charge in [-0.15, -0.1) is 0 Å². The fourth-order valence-corrected chi connectivity index (χ4v) is 2.13. The van der Waals surface area contributed by atoms with E-state index in [2.05, 4.69) is 15.9 Å². The molecule has 2 nitrogen and oxygen atoms in total. The van der Waals surface area contributed by atoms with Crippen LogP contribution in [0.4, 0.5) is 4.39 Å². The van der Waals surface area contributed by atoms with Crippen molar-refractivity contribution in [2.75, 3.05) is 14.2 Å². The maximum Gasteiger partial charge on any atom is 0.141 e. The minimum atomic E-state index is -0.348. The van der Waals surface area contributed by atoms with Gasteiger partial charge in [0.2, 0.25) is 0 Å². The molecule has 0 saturated heterocycles. The molecule has 2 rings (SSSR count). The molecule has 0 amide bonds. The Morgan fingerprint density at radius 2 is 1.60 bits per heavy atom. The predicted octanol–water partition coefficient (Wildman–Crippen LogP) is 4.78. The predicted molar refractivity (Wildman–Crippen MR) is 82.6 cm³/mol. The Bertz CT molecular complexity index is 621. The van der Waals surface area contributed by atoms with Crippen LogP contribution in [0, 0.1) is 5.82 Å². The molecule has 104 valence electrons. The SMILES string of the molecule is COc1ccc(/C=C/c2cc(F)c(Br)c(OC)c2)cc1. The van der Waals surface area contributed by atoms with E-state index in [-0.39, 0.29) is 5.82 Å². The molecule has 0 aliphatic rings. The number of hydrogen-bond acceptors (Lipinski definition) is 2. The molecule has 2 aromatic carbocycles. The third kappa shape index (κ3) is 3.39. The van der Waals surface area contributed by atoms with E-state index >= 15 is 0 Å². The van der Waals surface area contributed by atoms with Gasteiger partial charge in [0, 0.05) is 0 Å². The Hall–Kier alpha value is -1.81. The van der Waals surface area contributed by atoms with Gasteiger partial charge in [-0.3, -0.25) is 0 Å². The van der Waals surface area contributed by atoms with Gasteiger partial charge in [0.05, 0.1) is 18.7 Å². The van der Waals surface area contributed by atoms with Crippen molar-refractivity contribution in [1.29, 1.82) is 0 Å². The summed E-state index contributed by atoms with van der Waals surface area (Å²) in [5.74, 6) is 0.927. The summed E-state index contributed by atoms with van der Waals surface area (Å²) in [6.07, 6.45) is 3.74. The van der Waals surface area contributed by atoms with E-state index in [9.17, 15) is 4.39 Å². The van der Waals surface area contributed by atoms with Gasteiger partial charge in [0.15, 0.2) is 0 Å². The normalized spacial score (nSPS) is 10.8. The van der Waals surface area contributed by atoms with E-state index in [1.807, 2.05) is 36.4 Å². The molecule has 0 fully saturated rings. The van der Waals surface area contributed by atoms with Crippen LogP contribution in [-0.4, -0.2) is 14.2 Å². The third-order valence-corrected chi connectivity index (χ3v) is 3.59. The summed E-state index contributed by atoms with van der Waals surface area (Å²) in [5.41, 5.74) is 1.74. The van der Waals surface area contributed by atoms with Crippen LogP contribution in [0.5, 0.6) is 11.5 Å². The first-order chi connectivity index (χ1) is 9.63. The molecular weight excluding hydrogens is 323 g/mol. The molecule has 0 aliphatic heterocycles. The summed E-state index contributed by atoms with van der Waals surface area (Å²) in [7, 11) is 3.14. The summed E-state index contributed by atoms with van der Waals surface area (Å²) in [6, 6.07) is 10.8. The Kier molecular flexibility index (Phi) is 4.79. The molecule has 2 aromatic rings. The van der Waals surface area contributed by atoms with Crippen LogP contribution >= 0.6 is 15.9 Å². The zero-order valence-corrected chi connectivity index (χ0v) is 12.8. The van der Waals surface area contributed by atoms with E-state index < -0.39 is 0 Å². The van der Waals surface area contributed by atoms with Crippen molar-refractivity contribution in [3.8, 4) is 11.5 Å². The number of rotatable bonds is 4. The van der Waals surface area contributed by atoms with Crippen LogP contribution < -0.4 is 9.47 Å². The largest absolute Gasteiger partial charge is 0.497 e. The molecule has 0 atom stereocenters. The lowest BCUT2D eigenvalue weighted by Gasteiger charge is -2.05. The lowest BCUT2D eigenvalue weighted by molar-refractivity contribution is 0.407. The van der Waals surface area contributed by atoms with Gasteiger partial charge in [-0.1, -0.05) is 24.3 Å². The first-order valence-corrected chi connectivity index (χ1v) is 6.78. The van der Waals surface area contributed by atoms with Crippen molar-refractivity contribution in [2.24, 2.45) is 0 Å². The number of benzene rings is 2. The van der Waals surface area contributed by atoms with Crippen molar-refractivity contribution in [3.05, 3.63) is 57.8 Å². The summed E-state index contributed by atoms with van der Waals surface area (Å²) in [5, 5.41) is 0. The average molecular weight is 337 g/mol. The zero-order chi connectivity index (χ0) is 14.5. The minimum absolute atomic E-state index is 0.335. The number of hydrogen-bond donors (Lipinski definition) is 0. The second-order valence-corrected chi connectivity index (χ2v) is 4.92. The molecule has 0 unspecified atom stereocenters. The summed E-state index contributed by atoms with van der Waals surface area (Å²) in [6.45, 7) is 0. The van der Waals surface area contributed by atoms with Gasteiger partial charge in [0.1, 0.15) is 17.3 Å². The smallest absolute Gasteiger partial charge is 0.141 e. The summed E-state index contributed by atoms with van der Waals surface area (Å²) in [4.78, 5) is 0. The highest BCUT2D eigenvalue weighted by Gasteiger charge is 2.07. The first-order valence-electron chi connectivity index (χ1n) is 5.99. The minimum Gasteiger partial charge on any atom is -0.497 e. The second-order valence-electron chi connectivity index (χ2n) is 4.13. The molecule has 20 heavy (non-hydrogen) atoms. The lowest BCUT2D eigenvalue weighted by atomic mass is 10.1. The molecule has 0 radical (unpaired) electrons. The molecule has 0 aliphatic carbocycles. The Balaban J connectivity index is 2.24. The lowest BCUT2D eigenvalue weighted by Crippen LogP contribution is -1.89. The molecule has 0 bridgehead atoms. The average Bonchev–Trinajstić information content (AvgIpc) is 2.48. The van der Waals surface area contributed by atoms with E-state index in [0.717, 1.165) is 16.9 Å². The van der Waals surface area contributed by atoms with Crippen molar-refractivity contribution < 1.29 is 13.9 Å². The van der Waals surface area contributed by atoms with Gasteiger partial charge >= 0.3 is 0 Å². The van der Waals surface area contributed by atoms with E-state index in [1.165, 1.54) is 13.2 Å². The molecule has 0 N–H and O–H groups in total. The van der Waals surface area contributed by atoms with E-state index in [1.54, 1.807) is 13.2 Å². The number of halogens is 2. The Morgan fingerprint density at radius 3 is 2.20 bits per heavy atom. The molecule has 0 saturated carbocycles. The molecule has 4 heteroatoms. The monoisotopic (exact) mass is 336 g/mol. The van der Waals surface area contributed by atoms with Crippen molar-refractivity contribution in [2.45, 2.75) is 0 Å². The van der Waals surface area contributed by atoms with Crippen molar-refractivity contribution in [3.63, 3.8) is 0 Å². The fraction of sp³-hybridized carbons (Fsp3) is 0.125. The zero-order valence-electron chi connectivity index (χ0n) is 11.2. The fourth-order valence-electron chi connectivity index (χ4n) is 1.74. The topological polar surface area (TPSA) is 18.5 Å². The van der Waals surface area contributed by atoms with Crippen molar-refractivity contribution >= 4 is 28.1 Å². The summed E-state index contributed by atoms with van der Waals surface area (Å²) < 4.78 is 24.2. The number of ether oxygens (including phenoxy) is 2. The van der Waals surface area contributed by atoms with E-state index in [0.29, 0.717) is 10.2 Å². The van der Waals surface area contributed by atoms with Crippen LogP contribution in [0.1, 0.15) is 11.1 Å². The van der Waals surface area contributed by atoms with Gasteiger partial charge in [-0.2, -0.15) is 0 Å². The second kappa shape index (κ2) is 6.57.